The average Bonchev–Trinajstić information content (AvgIpc) is 2.33. The lowest BCUT2D eigenvalue weighted by atomic mass is 9.70. The molecule has 17 heavy (non-hydrogen) atoms. The zero-order valence-electron chi connectivity index (χ0n) is 10.3. The van der Waals surface area contributed by atoms with Gasteiger partial charge in [0.1, 0.15) is 0 Å². The van der Waals surface area contributed by atoms with Gasteiger partial charge in [-0.05, 0) is 29.9 Å². The van der Waals surface area contributed by atoms with Crippen LogP contribution in [0.5, 0.6) is 0 Å². The van der Waals surface area contributed by atoms with Crippen molar-refractivity contribution in [2.24, 2.45) is 5.41 Å². The van der Waals surface area contributed by atoms with Crippen LogP contribution in [0.15, 0.2) is 18.5 Å². The molecular weight excluding hydrogens is 234 g/mol. The quantitative estimate of drug-likeness (QED) is 0.893. The number of hydrogen-bond acceptors (Lipinski definition) is 2. The van der Waals surface area contributed by atoms with Crippen molar-refractivity contribution >= 4 is 11.6 Å². The Morgan fingerprint density at radius 3 is 2.76 bits per heavy atom. The molecule has 1 fully saturated rings. The van der Waals surface area contributed by atoms with E-state index in [4.69, 9.17) is 11.6 Å². The van der Waals surface area contributed by atoms with Crippen molar-refractivity contribution in [2.45, 2.75) is 51.6 Å². The third kappa shape index (κ3) is 2.99. The molecule has 0 aliphatic heterocycles. The molecule has 3 heteroatoms. The number of aliphatic hydroxyl groups is 1. The average molecular weight is 254 g/mol. The summed E-state index contributed by atoms with van der Waals surface area (Å²) in [5.74, 6) is 0. The molecule has 0 spiro atoms. The van der Waals surface area contributed by atoms with Crippen LogP contribution in [0.4, 0.5) is 0 Å². The zero-order chi connectivity index (χ0) is 12.3. The fourth-order valence-corrected chi connectivity index (χ4v) is 2.91. The molecule has 0 bridgehead atoms. The van der Waals surface area contributed by atoms with Gasteiger partial charge in [0.15, 0.2) is 0 Å². The molecular formula is C14H20ClNO. The normalized spacial score (nSPS) is 21.1. The van der Waals surface area contributed by atoms with Crippen LogP contribution < -0.4 is 0 Å². The highest BCUT2D eigenvalue weighted by Gasteiger charge is 2.34. The number of pyridine rings is 1. The molecule has 2 nitrogen and oxygen atoms in total. The van der Waals surface area contributed by atoms with Crippen molar-refractivity contribution in [2.75, 3.05) is 0 Å². The summed E-state index contributed by atoms with van der Waals surface area (Å²) in [6.07, 6.45) is 9.73. The van der Waals surface area contributed by atoms with E-state index in [2.05, 4.69) is 11.9 Å². The molecule has 0 saturated heterocycles. The van der Waals surface area contributed by atoms with Crippen molar-refractivity contribution in [3.05, 3.63) is 29.0 Å². The number of halogens is 1. The van der Waals surface area contributed by atoms with Crippen LogP contribution >= 0.6 is 11.6 Å². The van der Waals surface area contributed by atoms with E-state index in [0.717, 1.165) is 18.4 Å². The van der Waals surface area contributed by atoms with E-state index in [9.17, 15) is 5.11 Å². The van der Waals surface area contributed by atoms with Gasteiger partial charge in [0, 0.05) is 18.8 Å². The fraction of sp³-hybridized carbons (Fsp3) is 0.643. The summed E-state index contributed by atoms with van der Waals surface area (Å²) in [6, 6.07) is 1.90. The van der Waals surface area contributed by atoms with E-state index < -0.39 is 0 Å². The van der Waals surface area contributed by atoms with Gasteiger partial charge in [-0.15, -0.1) is 0 Å². The molecule has 1 unspecified atom stereocenters. The van der Waals surface area contributed by atoms with Crippen LogP contribution in [0.2, 0.25) is 5.02 Å². The highest BCUT2D eigenvalue weighted by atomic mass is 35.5. The lowest BCUT2D eigenvalue weighted by Crippen LogP contribution is -2.35. The number of aliphatic hydroxyl groups excluding tert-OH is 1. The fourth-order valence-electron chi connectivity index (χ4n) is 2.72. The summed E-state index contributed by atoms with van der Waals surface area (Å²) in [4.78, 5) is 3.97. The summed E-state index contributed by atoms with van der Waals surface area (Å²) >= 11 is 6.08. The van der Waals surface area contributed by atoms with Crippen LogP contribution in [-0.2, 0) is 6.42 Å². The topological polar surface area (TPSA) is 33.1 Å². The second-order valence-corrected chi connectivity index (χ2v) is 5.81. The van der Waals surface area contributed by atoms with Gasteiger partial charge in [-0.1, -0.05) is 37.8 Å². The Hall–Kier alpha value is -0.600. The van der Waals surface area contributed by atoms with E-state index in [1.54, 1.807) is 12.4 Å². The minimum absolute atomic E-state index is 0.0604. The number of aromatic nitrogens is 1. The third-order valence-electron chi connectivity index (χ3n) is 4.07. The van der Waals surface area contributed by atoms with Crippen LogP contribution in [0.1, 0.15) is 44.6 Å². The van der Waals surface area contributed by atoms with Crippen LogP contribution in [0.3, 0.4) is 0 Å². The summed E-state index contributed by atoms with van der Waals surface area (Å²) in [5, 5.41) is 11.1. The molecule has 1 N–H and O–H groups in total. The van der Waals surface area contributed by atoms with Gasteiger partial charge in [0.25, 0.3) is 0 Å². The van der Waals surface area contributed by atoms with Crippen LogP contribution in [-0.4, -0.2) is 16.2 Å². The second-order valence-electron chi connectivity index (χ2n) is 5.40. The predicted octanol–water partition coefficient (Wildman–Crippen LogP) is 3.61. The first-order valence-electron chi connectivity index (χ1n) is 6.38. The molecule has 1 aromatic rings. The molecule has 1 atom stereocenters. The standard InChI is InChI=1S/C14H20ClNO/c1-14(6-3-2-4-7-14)13(17)9-11-5-8-16-10-12(11)15/h5,8,10,13,17H,2-4,6-7,9H2,1H3. The molecule has 1 saturated carbocycles. The SMILES string of the molecule is CC1(C(O)Cc2ccncc2Cl)CCCCC1. The monoisotopic (exact) mass is 253 g/mol. The Kier molecular flexibility index (Phi) is 4.05. The van der Waals surface area contributed by atoms with E-state index in [1.807, 2.05) is 6.07 Å². The summed E-state index contributed by atoms with van der Waals surface area (Å²) < 4.78 is 0. The Morgan fingerprint density at radius 1 is 1.41 bits per heavy atom. The second kappa shape index (κ2) is 5.36. The van der Waals surface area contributed by atoms with Crippen molar-refractivity contribution in [1.82, 2.24) is 4.98 Å². The summed E-state index contributed by atoms with van der Waals surface area (Å²) in [7, 11) is 0. The zero-order valence-corrected chi connectivity index (χ0v) is 11.1. The highest BCUT2D eigenvalue weighted by molar-refractivity contribution is 6.31. The van der Waals surface area contributed by atoms with Crippen molar-refractivity contribution < 1.29 is 5.11 Å². The maximum absolute atomic E-state index is 10.4. The van der Waals surface area contributed by atoms with Gasteiger partial charge in [0.05, 0.1) is 11.1 Å². The van der Waals surface area contributed by atoms with Crippen LogP contribution in [0.25, 0.3) is 0 Å². The van der Waals surface area contributed by atoms with Gasteiger partial charge < -0.3 is 5.11 Å². The third-order valence-corrected chi connectivity index (χ3v) is 4.41. The molecule has 0 amide bonds. The Bertz CT molecular complexity index is 374. The van der Waals surface area contributed by atoms with Crippen molar-refractivity contribution in [3.8, 4) is 0 Å². The molecule has 0 aromatic carbocycles. The number of nitrogens with zero attached hydrogens (tertiary/aromatic N) is 1. The Labute approximate surface area is 108 Å². The molecule has 1 aliphatic carbocycles. The number of rotatable bonds is 3. The summed E-state index contributed by atoms with van der Waals surface area (Å²) in [5.41, 5.74) is 1.06. The first-order valence-corrected chi connectivity index (χ1v) is 6.76. The Morgan fingerprint density at radius 2 is 2.12 bits per heavy atom. The smallest absolute Gasteiger partial charge is 0.0634 e. The van der Waals surface area contributed by atoms with Crippen molar-refractivity contribution in [3.63, 3.8) is 0 Å². The largest absolute Gasteiger partial charge is 0.392 e. The minimum atomic E-state index is -0.303. The van der Waals surface area contributed by atoms with E-state index in [-0.39, 0.29) is 11.5 Å². The Balaban J connectivity index is 2.05. The number of hydrogen-bond donors (Lipinski definition) is 1. The molecule has 2 rings (SSSR count). The van der Waals surface area contributed by atoms with Gasteiger partial charge >= 0.3 is 0 Å². The highest BCUT2D eigenvalue weighted by Crippen LogP contribution is 2.40. The maximum atomic E-state index is 10.4. The van der Waals surface area contributed by atoms with Gasteiger partial charge in [0.2, 0.25) is 0 Å². The first-order chi connectivity index (χ1) is 8.12. The molecule has 94 valence electrons. The van der Waals surface area contributed by atoms with Gasteiger partial charge in [-0.25, -0.2) is 0 Å². The molecule has 0 radical (unpaired) electrons. The first kappa shape index (κ1) is 12.8. The van der Waals surface area contributed by atoms with E-state index >= 15 is 0 Å². The van der Waals surface area contributed by atoms with E-state index in [1.165, 1.54) is 19.3 Å². The van der Waals surface area contributed by atoms with Crippen LogP contribution in [0, 0.1) is 5.41 Å². The predicted molar refractivity (Wildman–Crippen MR) is 70.1 cm³/mol. The van der Waals surface area contributed by atoms with Gasteiger partial charge in [-0.3, -0.25) is 4.98 Å². The molecule has 1 aliphatic rings. The maximum Gasteiger partial charge on any atom is 0.0634 e. The summed E-state index contributed by atoms with van der Waals surface area (Å²) in [6.45, 7) is 2.20. The lowest BCUT2D eigenvalue weighted by Gasteiger charge is -2.38. The lowest BCUT2D eigenvalue weighted by molar-refractivity contribution is 0.0104. The van der Waals surface area contributed by atoms with Gasteiger partial charge in [-0.2, -0.15) is 0 Å². The molecule has 1 aromatic heterocycles. The minimum Gasteiger partial charge on any atom is -0.392 e. The van der Waals surface area contributed by atoms with Crippen molar-refractivity contribution in [1.29, 1.82) is 0 Å². The molecule has 1 heterocycles. The van der Waals surface area contributed by atoms with E-state index in [0.29, 0.717) is 11.4 Å².